The van der Waals surface area contributed by atoms with Crippen LogP contribution in [0.3, 0.4) is 0 Å². The molecule has 2 heterocycles. The van der Waals surface area contributed by atoms with Crippen molar-refractivity contribution < 1.29 is 4.79 Å². The van der Waals surface area contributed by atoms with Gasteiger partial charge in [0.25, 0.3) is 0 Å². The van der Waals surface area contributed by atoms with Gasteiger partial charge in [0.05, 0.1) is 11.4 Å². The number of rotatable bonds is 5. The van der Waals surface area contributed by atoms with Crippen molar-refractivity contribution in [2.24, 2.45) is 0 Å². The van der Waals surface area contributed by atoms with Gasteiger partial charge in [0.15, 0.2) is 11.0 Å². The molecule has 168 valence electrons. The Morgan fingerprint density at radius 3 is 2.38 bits per heavy atom. The first kappa shape index (κ1) is 22.9. The SMILES string of the molecule is Cc1ccc(-n2c(SCC(=O)N3[C@H](C)CCC[C@H]3C)nnc2-c2ccc(Cl)cc2)cc1C. The molecule has 1 saturated heterocycles. The fourth-order valence-electron chi connectivity index (χ4n) is 4.36. The number of hydrogen-bond donors (Lipinski definition) is 0. The molecular formula is C25H29ClN4OS. The van der Waals surface area contributed by atoms with Gasteiger partial charge in [-0.25, -0.2) is 0 Å². The summed E-state index contributed by atoms with van der Waals surface area (Å²) in [4.78, 5) is 15.1. The van der Waals surface area contributed by atoms with Crippen LogP contribution < -0.4 is 0 Å². The van der Waals surface area contributed by atoms with Gasteiger partial charge in [0.1, 0.15) is 0 Å². The van der Waals surface area contributed by atoms with Gasteiger partial charge in [-0.3, -0.25) is 9.36 Å². The fourth-order valence-corrected chi connectivity index (χ4v) is 5.31. The second kappa shape index (κ2) is 9.67. The molecule has 32 heavy (non-hydrogen) atoms. The maximum Gasteiger partial charge on any atom is 0.233 e. The van der Waals surface area contributed by atoms with Gasteiger partial charge < -0.3 is 4.90 Å². The largest absolute Gasteiger partial charge is 0.337 e. The lowest BCUT2D eigenvalue weighted by Gasteiger charge is -2.39. The Morgan fingerprint density at radius 1 is 1.03 bits per heavy atom. The van der Waals surface area contributed by atoms with E-state index < -0.39 is 0 Å². The summed E-state index contributed by atoms with van der Waals surface area (Å²) < 4.78 is 2.04. The number of carbonyl (C=O) groups is 1. The van der Waals surface area contributed by atoms with E-state index in [0.29, 0.717) is 15.9 Å². The molecule has 4 rings (SSSR count). The highest BCUT2D eigenvalue weighted by Gasteiger charge is 2.29. The van der Waals surface area contributed by atoms with Crippen LogP contribution in [-0.2, 0) is 4.79 Å². The smallest absolute Gasteiger partial charge is 0.233 e. The first-order valence-corrected chi connectivity index (χ1v) is 12.4. The van der Waals surface area contributed by atoms with Gasteiger partial charge in [-0.05, 0) is 94.5 Å². The molecule has 0 spiro atoms. The molecule has 1 aromatic heterocycles. The lowest BCUT2D eigenvalue weighted by molar-refractivity contribution is -0.134. The van der Waals surface area contributed by atoms with Crippen LogP contribution in [0.4, 0.5) is 0 Å². The molecule has 2 aromatic carbocycles. The van der Waals surface area contributed by atoms with Crippen molar-refractivity contribution in [3.8, 4) is 17.1 Å². The number of carbonyl (C=O) groups excluding carboxylic acids is 1. The van der Waals surface area contributed by atoms with Crippen LogP contribution in [0.15, 0.2) is 47.6 Å². The number of hydrogen-bond acceptors (Lipinski definition) is 4. The normalized spacial score (nSPS) is 18.7. The van der Waals surface area contributed by atoms with Crippen LogP contribution >= 0.6 is 23.4 Å². The van der Waals surface area contributed by atoms with Crippen molar-refractivity contribution in [3.63, 3.8) is 0 Å². The van der Waals surface area contributed by atoms with E-state index in [1.165, 1.54) is 29.3 Å². The Labute approximate surface area is 199 Å². The molecule has 0 saturated carbocycles. The first-order valence-electron chi connectivity index (χ1n) is 11.1. The van der Waals surface area contributed by atoms with E-state index in [9.17, 15) is 4.79 Å². The van der Waals surface area contributed by atoms with Gasteiger partial charge in [0, 0.05) is 22.7 Å². The maximum atomic E-state index is 13.1. The minimum Gasteiger partial charge on any atom is -0.337 e. The van der Waals surface area contributed by atoms with E-state index >= 15 is 0 Å². The lowest BCUT2D eigenvalue weighted by Crippen LogP contribution is -2.48. The minimum atomic E-state index is 0.164. The van der Waals surface area contributed by atoms with Crippen molar-refractivity contribution in [1.29, 1.82) is 0 Å². The number of aromatic nitrogens is 3. The van der Waals surface area contributed by atoms with Crippen LogP contribution in [0.25, 0.3) is 17.1 Å². The van der Waals surface area contributed by atoms with E-state index in [2.05, 4.69) is 56.1 Å². The molecule has 1 fully saturated rings. The van der Waals surface area contributed by atoms with Crippen LogP contribution in [0, 0.1) is 13.8 Å². The summed E-state index contributed by atoms with van der Waals surface area (Å²) >= 11 is 7.54. The molecule has 1 amide bonds. The second-order valence-electron chi connectivity index (χ2n) is 8.64. The van der Waals surface area contributed by atoms with Crippen molar-refractivity contribution >= 4 is 29.3 Å². The highest BCUT2D eigenvalue weighted by Crippen LogP contribution is 2.31. The minimum absolute atomic E-state index is 0.164. The molecule has 5 nitrogen and oxygen atoms in total. The van der Waals surface area contributed by atoms with Crippen molar-refractivity contribution in [2.75, 3.05) is 5.75 Å². The molecule has 0 aliphatic carbocycles. The zero-order chi connectivity index (χ0) is 22.8. The van der Waals surface area contributed by atoms with E-state index in [1.54, 1.807) is 0 Å². The number of likely N-dealkylation sites (tertiary alicyclic amines) is 1. The van der Waals surface area contributed by atoms with Gasteiger partial charge >= 0.3 is 0 Å². The van der Waals surface area contributed by atoms with Crippen molar-refractivity contribution in [2.45, 2.75) is 64.2 Å². The molecule has 1 aliphatic heterocycles. The number of piperidine rings is 1. The lowest BCUT2D eigenvalue weighted by atomic mass is 9.98. The molecule has 1 aliphatic rings. The predicted octanol–water partition coefficient (Wildman–Crippen LogP) is 6.09. The highest BCUT2D eigenvalue weighted by molar-refractivity contribution is 7.99. The maximum absolute atomic E-state index is 13.1. The number of nitrogens with zero attached hydrogens (tertiary/aromatic N) is 4. The first-order chi connectivity index (χ1) is 15.3. The Balaban J connectivity index is 1.66. The number of halogens is 1. The molecule has 0 N–H and O–H groups in total. The van der Waals surface area contributed by atoms with E-state index in [0.717, 1.165) is 29.9 Å². The molecule has 0 bridgehead atoms. The van der Waals surface area contributed by atoms with Crippen LogP contribution in [0.1, 0.15) is 44.2 Å². The topological polar surface area (TPSA) is 51.0 Å². The Morgan fingerprint density at radius 2 is 1.72 bits per heavy atom. The Kier molecular flexibility index (Phi) is 6.91. The Hall–Kier alpha value is -2.31. The molecule has 7 heteroatoms. The average Bonchev–Trinajstić information content (AvgIpc) is 3.18. The number of aryl methyl sites for hydroxylation is 2. The Bertz CT molecular complexity index is 1100. The van der Waals surface area contributed by atoms with Gasteiger partial charge in [-0.15, -0.1) is 10.2 Å². The third-order valence-electron chi connectivity index (χ3n) is 6.29. The summed E-state index contributed by atoms with van der Waals surface area (Å²) in [6.45, 7) is 8.49. The third kappa shape index (κ3) is 4.71. The highest BCUT2D eigenvalue weighted by atomic mass is 35.5. The van der Waals surface area contributed by atoms with Crippen molar-refractivity contribution in [3.05, 3.63) is 58.6 Å². The van der Waals surface area contributed by atoms with E-state index in [1.807, 2.05) is 33.7 Å². The monoisotopic (exact) mass is 468 g/mol. The summed E-state index contributed by atoms with van der Waals surface area (Å²) in [5.74, 6) is 1.25. The zero-order valence-electron chi connectivity index (χ0n) is 19.0. The predicted molar refractivity (Wildman–Crippen MR) is 132 cm³/mol. The fraction of sp³-hybridized carbons (Fsp3) is 0.400. The van der Waals surface area contributed by atoms with Crippen LogP contribution in [0.2, 0.25) is 5.02 Å². The second-order valence-corrected chi connectivity index (χ2v) is 10.0. The summed E-state index contributed by atoms with van der Waals surface area (Å²) in [6.07, 6.45) is 3.32. The summed E-state index contributed by atoms with van der Waals surface area (Å²) in [5, 5.41) is 10.3. The standard InChI is InChI=1S/C25H29ClN4OS/c1-16-8-13-22(14-17(16)2)30-24(20-9-11-21(26)12-10-20)27-28-25(30)32-15-23(31)29-18(3)6-5-7-19(29)4/h8-14,18-19H,5-7,15H2,1-4H3/t18-,19-/m1/s1. The quantitative estimate of drug-likeness (QED) is 0.425. The molecule has 3 aromatic rings. The number of benzene rings is 2. The summed E-state index contributed by atoms with van der Waals surface area (Å²) in [5.41, 5.74) is 4.34. The zero-order valence-corrected chi connectivity index (χ0v) is 20.6. The molecule has 0 radical (unpaired) electrons. The molecule has 0 unspecified atom stereocenters. The van der Waals surface area contributed by atoms with Gasteiger partial charge in [0.2, 0.25) is 5.91 Å². The van der Waals surface area contributed by atoms with Crippen LogP contribution in [0.5, 0.6) is 0 Å². The number of thioether (sulfide) groups is 1. The number of amides is 1. The van der Waals surface area contributed by atoms with E-state index in [4.69, 9.17) is 11.6 Å². The average molecular weight is 469 g/mol. The summed E-state index contributed by atoms with van der Waals surface area (Å²) in [6, 6.07) is 14.5. The van der Waals surface area contributed by atoms with E-state index in [-0.39, 0.29) is 18.0 Å². The molecule has 2 atom stereocenters. The van der Waals surface area contributed by atoms with Crippen LogP contribution in [-0.4, -0.2) is 43.4 Å². The van der Waals surface area contributed by atoms with Gasteiger partial charge in [-0.1, -0.05) is 29.4 Å². The third-order valence-corrected chi connectivity index (χ3v) is 7.46. The molecular weight excluding hydrogens is 440 g/mol. The van der Waals surface area contributed by atoms with Gasteiger partial charge in [-0.2, -0.15) is 0 Å². The van der Waals surface area contributed by atoms with Crippen molar-refractivity contribution in [1.82, 2.24) is 19.7 Å². The summed E-state index contributed by atoms with van der Waals surface area (Å²) in [7, 11) is 0.